The van der Waals surface area contributed by atoms with Gasteiger partial charge in [-0.3, -0.25) is 0 Å². The summed E-state index contributed by atoms with van der Waals surface area (Å²) in [6.45, 7) is 4.17. The van der Waals surface area contributed by atoms with E-state index in [1.807, 2.05) is 13.8 Å². The Bertz CT molecular complexity index is 120. The van der Waals surface area contributed by atoms with Gasteiger partial charge in [0.15, 0.2) is 0 Å². The summed E-state index contributed by atoms with van der Waals surface area (Å²) < 4.78 is 20.0. The fourth-order valence-electron chi connectivity index (χ4n) is 0.422. The fourth-order valence-corrected chi connectivity index (χ4v) is 2.19. The van der Waals surface area contributed by atoms with Crippen molar-refractivity contribution < 1.29 is 11.5 Å². The monoisotopic (exact) mass is 184 g/mol. The van der Waals surface area contributed by atoms with Gasteiger partial charge in [0.2, 0.25) is 0 Å². The molecule has 0 spiro atoms. The molecule has 0 radical (unpaired) electrons. The third kappa shape index (κ3) is 1.36. The van der Waals surface area contributed by atoms with Crippen LogP contribution in [0.3, 0.4) is 0 Å². The zero-order chi connectivity index (χ0) is 6.20. The average molecular weight is 183 g/mol. The Labute approximate surface area is 52.7 Å². The maximum atomic E-state index is 10.4. The van der Waals surface area contributed by atoms with Crippen molar-refractivity contribution in [1.29, 1.82) is 0 Å². The van der Waals surface area contributed by atoms with Crippen molar-refractivity contribution >= 4 is 14.5 Å². The van der Waals surface area contributed by atoms with Gasteiger partial charge in [-0.25, -0.2) is 0 Å². The molecule has 1 atom stereocenters. The number of hydrogen-bond acceptors (Lipinski definition) is 3. The first-order valence-electron chi connectivity index (χ1n) is 2.35. The quantitative estimate of drug-likeness (QED) is 0.504. The molecule has 0 saturated carbocycles. The van der Waals surface area contributed by atoms with E-state index in [0.29, 0.717) is 6.61 Å². The Morgan fingerprint density at radius 1 is 1.62 bits per heavy atom. The maximum absolute atomic E-state index is 10.4. The van der Waals surface area contributed by atoms with Crippen LogP contribution in [0.4, 0.5) is 0 Å². The molecule has 0 aromatic carbocycles. The molecule has 1 saturated heterocycles. The van der Waals surface area contributed by atoms with Crippen molar-refractivity contribution in [3.05, 3.63) is 0 Å². The standard InChI is InChI=1S/C4H8O3Se/c1-4(2)3-6-8(5)7-4/h3H2,1-2H3. The Hall–Kier alpha value is 0.239. The van der Waals surface area contributed by atoms with Gasteiger partial charge >= 0.3 is 52.0 Å². The van der Waals surface area contributed by atoms with Gasteiger partial charge in [-0.15, -0.1) is 0 Å². The van der Waals surface area contributed by atoms with E-state index in [0.717, 1.165) is 0 Å². The first-order valence-corrected chi connectivity index (χ1v) is 4.44. The van der Waals surface area contributed by atoms with Gasteiger partial charge in [0, 0.05) is 0 Å². The molecule has 1 rings (SSSR count). The van der Waals surface area contributed by atoms with Crippen LogP contribution >= 0.6 is 0 Å². The summed E-state index contributed by atoms with van der Waals surface area (Å²) in [7, 11) is 0. The van der Waals surface area contributed by atoms with E-state index >= 15 is 0 Å². The third-order valence-electron chi connectivity index (χ3n) is 0.796. The molecule has 48 valence electrons. The van der Waals surface area contributed by atoms with Gasteiger partial charge in [-0.05, 0) is 0 Å². The molecule has 1 unspecified atom stereocenters. The molecule has 0 aromatic heterocycles. The summed E-state index contributed by atoms with van der Waals surface area (Å²) in [6.07, 6.45) is 0. The van der Waals surface area contributed by atoms with Gasteiger partial charge < -0.3 is 0 Å². The molecule has 4 heteroatoms. The average Bonchev–Trinajstić information content (AvgIpc) is 1.82. The zero-order valence-corrected chi connectivity index (χ0v) is 6.55. The topological polar surface area (TPSA) is 35.5 Å². The molecular weight excluding hydrogens is 175 g/mol. The minimum atomic E-state index is -2.31. The van der Waals surface area contributed by atoms with Crippen molar-refractivity contribution in [3.8, 4) is 0 Å². The third-order valence-corrected chi connectivity index (χ3v) is 2.68. The Morgan fingerprint density at radius 2 is 2.25 bits per heavy atom. The van der Waals surface area contributed by atoms with Crippen molar-refractivity contribution in [2.24, 2.45) is 0 Å². The van der Waals surface area contributed by atoms with Crippen LogP contribution in [0.25, 0.3) is 0 Å². The van der Waals surface area contributed by atoms with E-state index in [4.69, 9.17) is 7.64 Å². The van der Waals surface area contributed by atoms with E-state index in [2.05, 4.69) is 0 Å². The molecule has 3 nitrogen and oxygen atoms in total. The van der Waals surface area contributed by atoms with Crippen LogP contribution in [-0.2, 0) is 11.5 Å². The molecule has 0 aliphatic carbocycles. The van der Waals surface area contributed by atoms with Crippen LogP contribution in [0.1, 0.15) is 13.8 Å². The summed E-state index contributed by atoms with van der Waals surface area (Å²) in [6, 6.07) is 0. The summed E-state index contributed by atoms with van der Waals surface area (Å²) in [5.41, 5.74) is -0.313. The van der Waals surface area contributed by atoms with Crippen LogP contribution in [-0.4, -0.2) is 26.7 Å². The first kappa shape index (κ1) is 6.36. The Morgan fingerprint density at radius 3 is 2.38 bits per heavy atom. The predicted octanol–water partition coefficient (Wildman–Crippen LogP) is 0.227. The fraction of sp³-hybridized carbons (Fsp3) is 1.00. The van der Waals surface area contributed by atoms with Gasteiger partial charge in [0.05, 0.1) is 0 Å². The van der Waals surface area contributed by atoms with Crippen LogP contribution in [0.5, 0.6) is 0 Å². The van der Waals surface area contributed by atoms with Crippen molar-refractivity contribution in [2.75, 3.05) is 6.61 Å². The molecule has 0 aromatic rings. The second kappa shape index (κ2) is 1.88. The molecule has 1 aliphatic rings. The Kier molecular flexibility index (Phi) is 1.50. The van der Waals surface area contributed by atoms with Gasteiger partial charge in [-0.2, -0.15) is 0 Å². The van der Waals surface area contributed by atoms with E-state index in [9.17, 15) is 3.83 Å². The zero-order valence-electron chi connectivity index (χ0n) is 4.84. The van der Waals surface area contributed by atoms with Crippen LogP contribution in [0.15, 0.2) is 0 Å². The van der Waals surface area contributed by atoms with Crippen LogP contribution < -0.4 is 0 Å². The summed E-state index contributed by atoms with van der Waals surface area (Å²) >= 11 is -2.31. The predicted molar refractivity (Wildman–Crippen MR) is 27.6 cm³/mol. The van der Waals surface area contributed by atoms with E-state index in [-0.39, 0.29) is 5.60 Å². The summed E-state index contributed by atoms with van der Waals surface area (Å²) in [4.78, 5) is 0. The van der Waals surface area contributed by atoms with Crippen LogP contribution in [0.2, 0.25) is 0 Å². The van der Waals surface area contributed by atoms with Gasteiger partial charge in [0.1, 0.15) is 0 Å². The number of rotatable bonds is 0. The minimum absolute atomic E-state index is 0.313. The summed E-state index contributed by atoms with van der Waals surface area (Å²) in [5.74, 6) is 0. The first-order chi connectivity index (χ1) is 3.60. The second-order valence-corrected chi connectivity index (χ2v) is 4.01. The number of hydrogen-bond donors (Lipinski definition) is 0. The normalized spacial score (nSPS) is 35.5. The van der Waals surface area contributed by atoms with Crippen molar-refractivity contribution in [3.63, 3.8) is 0 Å². The molecule has 0 bridgehead atoms. The van der Waals surface area contributed by atoms with Crippen LogP contribution in [0, 0.1) is 0 Å². The molecule has 1 heterocycles. The molecular formula is C4H8O3Se. The molecule has 1 fully saturated rings. The summed E-state index contributed by atoms with van der Waals surface area (Å²) in [5, 5.41) is 0. The van der Waals surface area contributed by atoms with E-state index in [1.165, 1.54) is 0 Å². The molecule has 0 N–H and O–H groups in total. The molecule has 0 amide bonds. The van der Waals surface area contributed by atoms with Crippen molar-refractivity contribution in [1.82, 2.24) is 0 Å². The Balaban J connectivity index is 2.56. The van der Waals surface area contributed by atoms with Crippen molar-refractivity contribution in [2.45, 2.75) is 19.4 Å². The molecule has 1 aliphatic heterocycles. The van der Waals surface area contributed by atoms with Gasteiger partial charge in [-0.1, -0.05) is 0 Å². The molecule has 8 heavy (non-hydrogen) atoms. The SMILES string of the molecule is CC1(C)CO[Se](=O)O1. The second-order valence-electron chi connectivity index (χ2n) is 2.31. The van der Waals surface area contributed by atoms with E-state index in [1.54, 1.807) is 0 Å². The van der Waals surface area contributed by atoms with Gasteiger partial charge in [0.25, 0.3) is 0 Å². The van der Waals surface area contributed by atoms with E-state index < -0.39 is 14.5 Å².